The number of hydrogen-bond acceptors (Lipinski definition) is 4. The molecule has 0 spiro atoms. The van der Waals surface area contributed by atoms with Crippen LogP contribution in [0.3, 0.4) is 0 Å². The second-order valence-electron chi connectivity index (χ2n) is 3.72. The molecule has 0 aliphatic heterocycles. The van der Waals surface area contributed by atoms with Crippen LogP contribution in [0.15, 0.2) is 0 Å². The van der Waals surface area contributed by atoms with Gasteiger partial charge in [0.25, 0.3) is 0 Å². The fourth-order valence-corrected chi connectivity index (χ4v) is 0.988. The van der Waals surface area contributed by atoms with Crippen molar-refractivity contribution in [3.05, 3.63) is 0 Å². The summed E-state index contributed by atoms with van der Waals surface area (Å²) in [5, 5.41) is 2.68. The average molecular weight is 257 g/mol. The Hall–Kier alpha value is -0.820. The molecule has 102 valence electrons. The smallest absolute Gasteiger partial charge is 0.391 e. The first-order valence-corrected chi connectivity index (χ1v) is 5.26. The van der Waals surface area contributed by atoms with Crippen LogP contribution < -0.4 is 5.32 Å². The van der Waals surface area contributed by atoms with Crippen LogP contribution in [0.4, 0.5) is 13.2 Å². The molecule has 0 saturated carbocycles. The number of alkyl halides is 3. The monoisotopic (exact) mass is 257 g/mol. The van der Waals surface area contributed by atoms with Crippen LogP contribution in [0.25, 0.3) is 0 Å². The largest absolute Gasteiger partial charge is 0.465 e. The van der Waals surface area contributed by atoms with E-state index in [0.29, 0.717) is 0 Å². The molecule has 17 heavy (non-hydrogen) atoms. The molecule has 0 amide bonds. The van der Waals surface area contributed by atoms with Gasteiger partial charge in [0.2, 0.25) is 0 Å². The van der Waals surface area contributed by atoms with Gasteiger partial charge in [-0.05, 0) is 20.9 Å². The molecule has 0 radical (unpaired) electrons. The molecule has 1 unspecified atom stereocenters. The first-order chi connectivity index (χ1) is 7.75. The number of hydrogen-bond donors (Lipinski definition) is 1. The van der Waals surface area contributed by atoms with Crippen LogP contribution in [0.2, 0.25) is 0 Å². The lowest BCUT2D eigenvalue weighted by Gasteiger charge is -2.26. The van der Waals surface area contributed by atoms with Crippen LogP contribution in [0, 0.1) is 0 Å². The van der Waals surface area contributed by atoms with Gasteiger partial charge < -0.3 is 14.8 Å². The van der Waals surface area contributed by atoms with Crippen LogP contribution >= 0.6 is 0 Å². The van der Waals surface area contributed by atoms with Gasteiger partial charge in [-0.2, -0.15) is 13.2 Å². The molecule has 0 bridgehead atoms. The summed E-state index contributed by atoms with van der Waals surface area (Å²) in [6.45, 7) is 2.73. The molecule has 4 nitrogen and oxygen atoms in total. The van der Waals surface area contributed by atoms with Gasteiger partial charge in [-0.1, -0.05) is 0 Å². The third kappa shape index (κ3) is 6.48. The summed E-state index contributed by atoms with van der Waals surface area (Å²) in [5.41, 5.74) is -1.12. The SMILES string of the molecule is CCOC(=O)C(C)(COCCC(F)(F)F)NC. The predicted molar refractivity (Wildman–Crippen MR) is 55.6 cm³/mol. The van der Waals surface area contributed by atoms with Crippen molar-refractivity contribution in [2.24, 2.45) is 0 Å². The number of carbonyl (C=O) groups excluding carboxylic acids is 1. The molecule has 0 fully saturated rings. The van der Waals surface area contributed by atoms with E-state index in [4.69, 9.17) is 9.47 Å². The summed E-state index contributed by atoms with van der Waals surface area (Å²) in [4.78, 5) is 11.5. The zero-order chi connectivity index (χ0) is 13.5. The lowest BCUT2D eigenvalue weighted by molar-refractivity contribution is -0.157. The molecule has 0 aliphatic carbocycles. The quantitative estimate of drug-likeness (QED) is 0.554. The van der Waals surface area contributed by atoms with Crippen LogP contribution in [0.1, 0.15) is 20.3 Å². The van der Waals surface area contributed by atoms with Gasteiger partial charge in [-0.15, -0.1) is 0 Å². The zero-order valence-electron chi connectivity index (χ0n) is 10.2. The highest BCUT2D eigenvalue weighted by atomic mass is 19.4. The van der Waals surface area contributed by atoms with Crippen molar-refractivity contribution in [1.82, 2.24) is 5.32 Å². The molecule has 0 aromatic heterocycles. The van der Waals surface area contributed by atoms with E-state index in [0.717, 1.165) is 0 Å². The summed E-state index contributed by atoms with van der Waals surface area (Å²) in [7, 11) is 1.52. The standard InChI is InChI=1S/C10H18F3NO3/c1-4-17-8(15)9(2,14-3)7-16-6-5-10(11,12)13/h14H,4-7H2,1-3H3. The molecule has 0 aromatic rings. The maximum atomic E-state index is 11.8. The van der Waals surface area contributed by atoms with E-state index < -0.39 is 30.7 Å². The molecular weight excluding hydrogens is 239 g/mol. The summed E-state index contributed by atoms with van der Waals surface area (Å²) in [6.07, 6.45) is -5.28. The highest BCUT2D eigenvalue weighted by Crippen LogP contribution is 2.19. The van der Waals surface area contributed by atoms with Crippen LogP contribution in [-0.2, 0) is 14.3 Å². The minimum atomic E-state index is -4.25. The first-order valence-electron chi connectivity index (χ1n) is 5.26. The molecular formula is C10H18F3NO3. The van der Waals surface area contributed by atoms with E-state index in [9.17, 15) is 18.0 Å². The number of nitrogens with one attached hydrogen (secondary N) is 1. The summed E-state index contributed by atoms with van der Waals surface area (Å²) < 4.78 is 45.2. The van der Waals surface area contributed by atoms with E-state index in [-0.39, 0.29) is 13.2 Å². The van der Waals surface area contributed by atoms with E-state index in [1.165, 1.54) is 14.0 Å². The lowest BCUT2D eigenvalue weighted by atomic mass is 10.1. The Labute approximate surface area is 98.5 Å². The topological polar surface area (TPSA) is 47.6 Å². The van der Waals surface area contributed by atoms with Crippen molar-refractivity contribution in [2.45, 2.75) is 32.0 Å². The Morgan fingerprint density at radius 2 is 1.94 bits per heavy atom. The van der Waals surface area contributed by atoms with E-state index in [1.54, 1.807) is 6.92 Å². The van der Waals surface area contributed by atoms with Crippen molar-refractivity contribution in [1.29, 1.82) is 0 Å². The molecule has 0 rings (SSSR count). The Kier molecular flexibility index (Phi) is 6.48. The van der Waals surface area contributed by atoms with Gasteiger partial charge in [0.1, 0.15) is 5.54 Å². The van der Waals surface area contributed by atoms with Gasteiger partial charge in [0.15, 0.2) is 0 Å². The molecule has 0 aromatic carbocycles. The Morgan fingerprint density at radius 3 is 2.35 bits per heavy atom. The van der Waals surface area contributed by atoms with Crippen molar-refractivity contribution < 1.29 is 27.4 Å². The summed E-state index contributed by atoms with van der Waals surface area (Å²) in [6, 6.07) is 0. The molecule has 0 saturated heterocycles. The zero-order valence-corrected chi connectivity index (χ0v) is 10.2. The van der Waals surface area contributed by atoms with Crippen molar-refractivity contribution in [3.63, 3.8) is 0 Å². The normalized spacial score (nSPS) is 15.4. The van der Waals surface area contributed by atoms with Gasteiger partial charge in [0, 0.05) is 0 Å². The van der Waals surface area contributed by atoms with Gasteiger partial charge >= 0.3 is 12.1 Å². The van der Waals surface area contributed by atoms with E-state index in [1.807, 2.05) is 0 Å². The lowest BCUT2D eigenvalue weighted by Crippen LogP contribution is -2.52. The van der Waals surface area contributed by atoms with Crippen molar-refractivity contribution in [2.75, 3.05) is 26.9 Å². The van der Waals surface area contributed by atoms with Crippen molar-refractivity contribution >= 4 is 5.97 Å². The van der Waals surface area contributed by atoms with Crippen LogP contribution in [0.5, 0.6) is 0 Å². The number of likely N-dealkylation sites (N-methyl/N-ethyl adjacent to an activating group) is 1. The maximum Gasteiger partial charge on any atom is 0.391 e. The number of carbonyl (C=O) groups is 1. The van der Waals surface area contributed by atoms with Crippen molar-refractivity contribution in [3.8, 4) is 0 Å². The molecule has 0 aliphatic rings. The van der Waals surface area contributed by atoms with E-state index >= 15 is 0 Å². The average Bonchev–Trinajstić information content (AvgIpc) is 2.23. The van der Waals surface area contributed by atoms with Gasteiger partial charge in [-0.25, -0.2) is 4.79 Å². The van der Waals surface area contributed by atoms with Gasteiger partial charge in [0.05, 0.1) is 26.2 Å². The van der Waals surface area contributed by atoms with Gasteiger partial charge in [-0.3, -0.25) is 0 Å². The number of esters is 1. The maximum absolute atomic E-state index is 11.8. The van der Waals surface area contributed by atoms with Crippen LogP contribution in [-0.4, -0.2) is 44.6 Å². The highest BCUT2D eigenvalue weighted by Gasteiger charge is 2.34. The van der Waals surface area contributed by atoms with E-state index in [2.05, 4.69) is 5.32 Å². The Morgan fingerprint density at radius 1 is 1.35 bits per heavy atom. The Balaban J connectivity index is 4.08. The third-order valence-electron chi connectivity index (χ3n) is 2.20. The first kappa shape index (κ1) is 16.2. The highest BCUT2D eigenvalue weighted by molar-refractivity contribution is 5.80. The number of rotatable bonds is 7. The number of halogens is 3. The minimum absolute atomic E-state index is 0.168. The molecule has 1 atom stereocenters. The summed E-state index contributed by atoms with van der Waals surface area (Å²) in [5.74, 6) is -0.547. The minimum Gasteiger partial charge on any atom is -0.465 e. The second kappa shape index (κ2) is 6.80. The summed E-state index contributed by atoms with van der Waals surface area (Å²) >= 11 is 0. The number of ether oxygens (including phenoxy) is 2. The second-order valence-corrected chi connectivity index (χ2v) is 3.72. The fourth-order valence-electron chi connectivity index (χ4n) is 0.988. The molecule has 7 heteroatoms. The third-order valence-corrected chi connectivity index (χ3v) is 2.20. The fraction of sp³-hybridized carbons (Fsp3) is 0.900. The molecule has 0 heterocycles. The predicted octanol–water partition coefficient (Wildman–Crippen LogP) is 1.50. The Bertz CT molecular complexity index is 245. The molecule has 1 N–H and O–H groups in total.